The molecule has 9 heteroatoms. The fourth-order valence-corrected chi connectivity index (χ4v) is 3.21. The van der Waals surface area contributed by atoms with Gasteiger partial charge in [0.05, 0.1) is 0 Å². The highest BCUT2D eigenvalue weighted by molar-refractivity contribution is 7.15. The van der Waals surface area contributed by atoms with Crippen molar-refractivity contribution in [2.24, 2.45) is 0 Å². The minimum Gasteiger partial charge on any atom is -0.406 e. The molecule has 0 fully saturated rings. The summed E-state index contributed by atoms with van der Waals surface area (Å²) in [4.78, 5) is 21.3. The van der Waals surface area contributed by atoms with E-state index in [0.717, 1.165) is 5.56 Å². The van der Waals surface area contributed by atoms with Crippen LogP contribution < -0.4 is 10.1 Å². The number of nitrogens with zero attached hydrogens (tertiary/aromatic N) is 2. The summed E-state index contributed by atoms with van der Waals surface area (Å²) in [6, 6.07) is 8.95. The molecule has 0 radical (unpaired) electrons. The number of alkyl halides is 3. The fourth-order valence-electron chi connectivity index (χ4n) is 2.30. The second kappa shape index (κ2) is 7.75. The van der Waals surface area contributed by atoms with Gasteiger partial charge in [0.1, 0.15) is 16.5 Å². The summed E-state index contributed by atoms with van der Waals surface area (Å²) in [6.45, 7) is 2.11. The molecule has 0 aliphatic carbocycles. The van der Waals surface area contributed by atoms with E-state index in [1.54, 1.807) is 31.5 Å². The minimum absolute atomic E-state index is 0.291. The van der Waals surface area contributed by atoms with Gasteiger partial charge in [-0.2, -0.15) is 0 Å². The highest BCUT2D eigenvalue weighted by atomic mass is 32.1. The number of hydrogen-bond donors (Lipinski definition) is 1. The normalized spacial score (nSPS) is 11.3. The van der Waals surface area contributed by atoms with Gasteiger partial charge >= 0.3 is 6.36 Å². The highest BCUT2D eigenvalue weighted by Crippen LogP contribution is 2.30. The number of rotatable bonds is 5. The average Bonchev–Trinajstić information content (AvgIpc) is 3.02. The monoisotopic (exact) mass is 393 g/mol. The van der Waals surface area contributed by atoms with Crippen LogP contribution in [0.15, 0.2) is 48.8 Å². The smallest absolute Gasteiger partial charge is 0.406 e. The Kier molecular flexibility index (Phi) is 5.41. The second-order valence-corrected chi connectivity index (χ2v) is 6.74. The summed E-state index contributed by atoms with van der Waals surface area (Å²) in [5.74, 6) is -0.626. The number of aryl methyl sites for hydroxylation is 1. The van der Waals surface area contributed by atoms with Crippen LogP contribution in [0.3, 0.4) is 0 Å². The number of ether oxygens (including phenoxy) is 1. The SMILES string of the molecule is Cc1sc(-c2ccc(OC(F)(F)F)cc2)nc1C(=O)NCc1ccncc1. The van der Waals surface area contributed by atoms with Crippen molar-refractivity contribution in [3.05, 3.63) is 64.9 Å². The number of hydrogen-bond acceptors (Lipinski definition) is 5. The molecule has 5 nitrogen and oxygen atoms in total. The van der Waals surface area contributed by atoms with E-state index in [1.807, 2.05) is 0 Å². The molecule has 0 aliphatic heterocycles. The molecular formula is C18H14F3N3O2S. The summed E-state index contributed by atoms with van der Waals surface area (Å²) in [5, 5.41) is 3.33. The predicted octanol–water partition coefficient (Wildman–Crippen LogP) is 4.34. The van der Waals surface area contributed by atoms with Crippen LogP contribution in [0, 0.1) is 6.92 Å². The molecule has 0 saturated carbocycles. The molecule has 27 heavy (non-hydrogen) atoms. The lowest BCUT2D eigenvalue weighted by Gasteiger charge is -2.08. The van der Waals surface area contributed by atoms with Crippen molar-refractivity contribution in [1.82, 2.24) is 15.3 Å². The van der Waals surface area contributed by atoms with Crippen molar-refractivity contribution in [3.63, 3.8) is 0 Å². The molecule has 0 aliphatic rings. The maximum atomic E-state index is 12.4. The minimum atomic E-state index is -4.74. The summed E-state index contributed by atoms with van der Waals surface area (Å²) < 4.78 is 40.5. The van der Waals surface area contributed by atoms with E-state index >= 15 is 0 Å². The summed E-state index contributed by atoms with van der Waals surface area (Å²) >= 11 is 1.29. The van der Waals surface area contributed by atoms with Crippen LogP contribution >= 0.6 is 11.3 Å². The maximum absolute atomic E-state index is 12.4. The zero-order valence-electron chi connectivity index (χ0n) is 14.1. The molecule has 3 rings (SSSR count). The molecule has 2 heterocycles. The van der Waals surface area contributed by atoms with Gasteiger partial charge in [-0.3, -0.25) is 9.78 Å². The lowest BCUT2D eigenvalue weighted by molar-refractivity contribution is -0.274. The van der Waals surface area contributed by atoms with Gasteiger partial charge in [0, 0.05) is 29.4 Å². The molecule has 0 atom stereocenters. The number of halogens is 3. The summed E-state index contributed by atoms with van der Waals surface area (Å²) in [6.07, 6.45) is -1.46. The molecule has 0 bridgehead atoms. The first kappa shape index (κ1) is 18.8. The van der Waals surface area contributed by atoms with E-state index in [1.165, 1.54) is 35.6 Å². The lowest BCUT2D eigenvalue weighted by Crippen LogP contribution is -2.23. The van der Waals surface area contributed by atoms with Gasteiger partial charge in [0.25, 0.3) is 5.91 Å². The van der Waals surface area contributed by atoms with Gasteiger partial charge in [-0.05, 0) is 48.9 Å². The van der Waals surface area contributed by atoms with Gasteiger partial charge in [0.15, 0.2) is 0 Å². The molecular weight excluding hydrogens is 379 g/mol. The zero-order valence-corrected chi connectivity index (χ0v) is 14.9. The van der Waals surface area contributed by atoms with Crippen molar-refractivity contribution in [2.45, 2.75) is 19.8 Å². The van der Waals surface area contributed by atoms with Gasteiger partial charge in [0.2, 0.25) is 0 Å². The Bertz CT molecular complexity index is 925. The topological polar surface area (TPSA) is 64.1 Å². The number of carbonyl (C=O) groups is 1. The quantitative estimate of drug-likeness (QED) is 0.700. The average molecular weight is 393 g/mol. The van der Waals surface area contributed by atoms with Gasteiger partial charge in [-0.25, -0.2) is 4.98 Å². The Morgan fingerprint density at radius 1 is 1.15 bits per heavy atom. The van der Waals surface area contributed by atoms with Crippen LogP contribution in [0.4, 0.5) is 13.2 Å². The molecule has 0 spiro atoms. The second-order valence-electron chi connectivity index (χ2n) is 5.53. The van der Waals surface area contributed by atoms with E-state index in [-0.39, 0.29) is 11.7 Å². The van der Waals surface area contributed by atoms with Crippen molar-refractivity contribution in [2.75, 3.05) is 0 Å². The van der Waals surface area contributed by atoms with E-state index in [2.05, 4.69) is 20.0 Å². The van der Waals surface area contributed by atoms with E-state index in [4.69, 9.17) is 0 Å². The highest BCUT2D eigenvalue weighted by Gasteiger charge is 2.31. The molecule has 1 N–H and O–H groups in total. The van der Waals surface area contributed by atoms with Crippen molar-refractivity contribution in [1.29, 1.82) is 0 Å². The third kappa shape index (κ3) is 5.04. The van der Waals surface area contributed by atoms with Crippen molar-refractivity contribution >= 4 is 17.2 Å². The molecule has 1 aromatic carbocycles. The largest absolute Gasteiger partial charge is 0.573 e. The van der Waals surface area contributed by atoms with Gasteiger partial charge < -0.3 is 10.1 Å². The number of nitrogens with one attached hydrogen (secondary N) is 1. The standard InChI is InChI=1S/C18H14F3N3O2S/c1-11-15(16(25)23-10-12-6-8-22-9-7-12)24-17(27-11)13-2-4-14(5-3-13)26-18(19,20)21/h2-9H,10H2,1H3,(H,23,25). The van der Waals surface area contributed by atoms with E-state index in [9.17, 15) is 18.0 Å². The van der Waals surface area contributed by atoms with Crippen LogP contribution in [0.25, 0.3) is 10.6 Å². The number of aromatic nitrogens is 2. The first-order valence-electron chi connectivity index (χ1n) is 7.82. The third-order valence-corrected chi connectivity index (χ3v) is 4.57. The van der Waals surface area contributed by atoms with Gasteiger partial charge in [-0.1, -0.05) is 0 Å². The Morgan fingerprint density at radius 2 is 1.81 bits per heavy atom. The Morgan fingerprint density at radius 3 is 2.44 bits per heavy atom. The number of carbonyl (C=O) groups excluding carboxylic acids is 1. The van der Waals surface area contributed by atoms with Crippen LogP contribution in [0.1, 0.15) is 20.9 Å². The number of amides is 1. The van der Waals surface area contributed by atoms with E-state index < -0.39 is 6.36 Å². The molecule has 2 aromatic heterocycles. The fraction of sp³-hybridized carbons (Fsp3) is 0.167. The third-order valence-electron chi connectivity index (χ3n) is 3.55. The molecule has 0 saturated heterocycles. The molecule has 140 valence electrons. The lowest BCUT2D eigenvalue weighted by atomic mass is 10.2. The van der Waals surface area contributed by atoms with Crippen LogP contribution in [-0.2, 0) is 6.54 Å². The van der Waals surface area contributed by atoms with Crippen LogP contribution in [0.5, 0.6) is 5.75 Å². The van der Waals surface area contributed by atoms with Crippen molar-refractivity contribution < 1.29 is 22.7 Å². The Hall–Kier alpha value is -2.94. The predicted molar refractivity (Wildman–Crippen MR) is 94.4 cm³/mol. The Labute approximate surface area is 156 Å². The number of benzene rings is 1. The first-order valence-corrected chi connectivity index (χ1v) is 8.64. The zero-order chi connectivity index (χ0) is 19.4. The first-order chi connectivity index (χ1) is 12.8. The molecule has 0 unspecified atom stereocenters. The Balaban J connectivity index is 1.71. The van der Waals surface area contributed by atoms with Crippen molar-refractivity contribution in [3.8, 4) is 16.3 Å². The van der Waals surface area contributed by atoms with Crippen LogP contribution in [0.2, 0.25) is 0 Å². The summed E-state index contributed by atoms with van der Waals surface area (Å²) in [7, 11) is 0. The number of thiazole rings is 1. The van der Waals surface area contributed by atoms with Crippen LogP contribution in [-0.4, -0.2) is 22.2 Å². The van der Waals surface area contributed by atoms with Gasteiger partial charge in [-0.15, -0.1) is 24.5 Å². The van der Waals surface area contributed by atoms with E-state index in [0.29, 0.717) is 27.7 Å². The number of pyridine rings is 1. The maximum Gasteiger partial charge on any atom is 0.573 e. The summed E-state index contributed by atoms with van der Waals surface area (Å²) in [5.41, 5.74) is 1.80. The molecule has 1 amide bonds. The molecule has 3 aromatic rings.